The molecule has 1 aromatic carbocycles. The van der Waals surface area contributed by atoms with E-state index in [1.54, 1.807) is 43.6 Å². The van der Waals surface area contributed by atoms with Crippen LogP contribution in [0, 0.1) is 5.92 Å². The molecule has 0 spiro atoms. The highest BCUT2D eigenvalue weighted by Gasteiger charge is 2.30. The average molecular weight is 584 g/mol. The maximum absolute atomic E-state index is 12.5. The van der Waals surface area contributed by atoms with Crippen LogP contribution in [0.4, 0.5) is 22.9 Å². The number of nitrogens with one attached hydrogen (secondary N) is 4. The lowest BCUT2D eigenvalue weighted by atomic mass is 10.1. The number of methoxy groups -OCH3 is 1. The monoisotopic (exact) mass is 583 g/mol. The first-order valence-corrected chi connectivity index (χ1v) is 13.4. The van der Waals surface area contributed by atoms with Gasteiger partial charge in [0.1, 0.15) is 0 Å². The summed E-state index contributed by atoms with van der Waals surface area (Å²) >= 11 is 0. The van der Waals surface area contributed by atoms with Crippen LogP contribution < -0.4 is 31.6 Å². The molecule has 3 aromatic heterocycles. The van der Waals surface area contributed by atoms with Gasteiger partial charge in [0.25, 0.3) is 11.5 Å². The molecule has 0 radical (unpaired) electrons. The van der Waals surface area contributed by atoms with E-state index in [1.165, 1.54) is 37.2 Å². The van der Waals surface area contributed by atoms with E-state index in [-0.39, 0.29) is 41.2 Å². The van der Waals surface area contributed by atoms with E-state index < -0.39 is 5.91 Å². The highest BCUT2D eigenvalue weighted by Crippen LogP contribution is 2.37. The summed E-state index contributed by atoms with van der Waals surface area (Å²) in [6.07, 6.45) is 6.09. The van der Waals surface area contributed by atoms with E-state index in [0.29, 0.717) is 39.8 Å². The quantitative estimate of drug-likeness (QED) is 0.216. The van der Waals surface area contributed by atoms with Gasteiger partial charge in [0.05, 0.1) is 48.5 Å². The van der Waals surface area contributed by atoms with Crippen molar-refractivity contribution < 1.29 is 19.1 Å². The van der Waals surface area contributed by atoms with E-state index in [1.807, 2.05) is 0 Å². The molecular formula is C29H29N9O5. The predicted octanol–water partition coefficient (Wildman–Crippen LogP) is 2.27. The fraction of sp³-hybridized carbons (Fsp3) is 0.241. The van der Waals surface area contributed by atoms with Gasteiger partial charge in [-0.2, -0.15) is 0 Å². The molecule has 14 heteroatoms. The summed E-state index contributed by atoms with van der Waals surface area (Å²) in [5.74, 6) is -0.141. The summed E-state index contributed by atoms with van der Waals surface area (Å²) in [6.45, 7) is 0. The molecule has 43 heavy (non-hydrogen) atoms. The van der Waals surface area contributed by atoms with E-state index in [4.69, 9.17) is 4.74 Å². The Balaban J connectivity index is 1.37. The van der Waals surface area contributed by atoms with Gasteiger partial charge in [0.2, 0.25) is 11.8 Å². The number of nitrogens with zero attached hydrogens (tertiary/aromatic N) is 5. The minimum atomic E-state index is -0.473. The second-order valence-corrected chi connectivity index (χ2v) is 9.82. The molecule has 1 aliphatic carbocycles. The maximum atomic E-state index is 12.5. The van der Waals surface area contributed by atoms with Crippen LogP contribution in [0.5, 0.6) is 5.75 Å². The zero-order chi connectivity index (χ0) is 30.5. The second-order valence-electron chi connectivity index (χ2n) is 9.82. The fourth-order valence-corrected chi connectivity index (χ4v) is 4.28. The minimum absolute atomic E-state index is 0.0177. The van der Waals surface area contributed by atoms with Gasteiger partial charge in [-0.25, -0.2) is 9.97 Å². The molecule has 0 atom stereocenters. The van der Waals surface area contributed by atoms with Crippen molar-refractivity contribution in [1.29, 1.82) is 0 Å². The minimum Gasteiger partial charge on any atom is -0.494 e. The Morgan fingerprint density at radius 3 is 2.49 bits per heavy atom. The molecule has 0 unspecified atom stereocenters. The molecule has 1 fully saturated rings. The first kappa shape index (κ1) is 28.9. The van der Waals surface area contributed by atoms with E-state index in [2.05, 4.69) is 41.4 Å². The van der Waals surface area contributed by atoms with E-state index in [9.17, 15) is 19.2 Å². The molecule has 220 valence electrons. The van der Waals surface area contributed by atoms with Crippen LogP contribution in [-0.2, 0) is 23.1 Å². The van der Waals surface area contributed by atoms with Crippen LogP contribution in [0.3, 0.4) is 0 Å². The summed E-state index contributed by atoms with van der Waals surface area (Å²) in [5, 5.41) is 19.2. The molecule has 4 aromatic rings. The van der Waals surface area contributed by atoms with Crippen molar-refractivity contribution in [1.82, 2.24) is 30.0 Å². The lowest BCUT2D eigenvalue weighted by Gasteiger charge is -2.16. The third kappa shape index (κ3) is 6.64. The Hall–Kier alpha value is -5.66. The first-order chi connectivity index (χ1) is 20.8. The summed E-state index contributed by atoms with van der Waals surface area (Å²) < 4.78 is 7.11. The molecule has 14 nitrogen and oxygen atoms in total. The van der Waals surface area contributed by atoms with Gasteiger partial charge in [0.15, 0.2) is 23.1 Å². The average Bonchev–Trinajstić information content (AvgIpc) is 3.86. The zero-order valence-corrected chi connectivity index (χ0v) is 23.7. The molecule has 3 heterocycles. The third-order valence-corrected chi connectivity index (χ3v) is 6.65. The number of hydrogen-bond donors (Lipinski definition) is 4. The SMILES string of the molecule is CNC(=O)c1nnc(NC(=O)C2CC2)cc1Nc1cccc(-c2ncc(NC(=O)Cc3cccn(C)c3=O)cn2)c1OC. The molecule has 3 amide bonds. The predicted molar refractivity (Wildman–Crippen MR) is 158 cm³/mol. The Morgan fingerprint density at radius 1 is 1.02 bits per heavy atom. The smallest absolute Gasteiger partial charge is 0.273 e. The van der Waals surface area contributed by atoms with Crippen molar-refractivity contribution in [2.24, 2.45) is 13.0 Å². The Morgan fingerprint density at radius 2 is 1.79 bits per heavy atom. The van der Waals surface area contributed by atoms with Crippen molar-refractivity contribution in [3.63, 3.8) is 0 Å². The Kier molecular flexibility index (Phi) is 8.36. The Labute approximate surface area is 245 Å². The number of anilines is 4. The number of carbonyl (C=O) groups is 3. The van der Waals surface area contributed by atoms with Gasteiger partial charge in [-0.15, -0.1) is 10.2 Å². The largest absolute Gasteiger partial charge is 0.494 e. The van der Waals surface area contributed by atoms with Crippen LogP contribution in [-0.4, -0.2) is 56.6 Å². The van der Waals surface area contributed by atoms with Crippen LogP contribution in [0.15, 0.2) is 59.8 Å². The van der Waals surface area contributed by atoms with E-state index >= 15 is 0 Å². The van der Waals surface area contributed by atoms with E-state index in [0.717, 1.165) is 12.8 Å². The number of amides is 3. The molecule has 1 aliphatic rings. The van der Waals surface area contributed by atoms with Gasteiger partial charge >= 0.3 is 0 Å². The standard InChI is InChI=1S/C29H29N9O5/c1-30-28(41)24-21(13-22(36-37-24)35-27(40)16-9-10-16)34-20-8-4-7-19(25(20)43-3)26-31-14-18(15-32-26)33-23(39)12-17-6-5-11-38(2)29(17)42/h4-8,11,13-16H,9-10,12H2,1-3H3,(H,30,41)(H,33,39)(H2,34,35,36,40). The molecule has 0 saturated heterocycles. The van der Waals surface area contributed by atoms with Gasteiger partial charge in [-0.05, 0) is 31.0 Å². The zero-order valence-electron chi connectivity index (χ0n) is 23.7. The topological polar surface area (TPSA) is 182 Å². The highest BCUT2D eigenvalue weighted by atomic mass is 16.5. The molecule has 4 N–H and O–H groups in total. The molecular weight excluding hydrogens is 554 g/mol. The second kappa shape index (κ2) is 12.5. The number of benzene rings is 1. The summed E-state index contributed by atoms with van der Waals surface area (Å²) in [4.78, 5) is 58.3. The fourth-order valence-electron chi connectivity index (χ4n) is 4.28. The summed E-state index contributed by atoms with van der Waals surface area (Å²) in [5.41, 5.74) is 1.80. The van der Waals surface area contributed by atoms with Crippen LogP contribution in [0.2, 0.25) is 0 Å². The number of para-hydroxylation sites is 1. The molecule has 5 rings (SSSR count). The van der Waals surface area contributed by atoms with Crippen molar-refractivity contribution in [3.05, 3.63) is 76.6 Å². The number of hydrogen-bond acceptors (Lipinski definition) is 10. The van der Waals surface area contributed by atoms with Crippen LogP contribution in [0.25, 0.3) is 11.4 Å². The number of carbonyl (C=O) groups excluding carboxylic acids is 3. The number of ether oxygens (including phenoxy) is 1. The first-order valence-electron chi connectivity index (χ1n) is 13.4. The van der Waals surface area contributed by atoms with Crippen LogP contribution >= 0.6 is 0 Å². The van der Waals surface area contributed by atoms with Crippen molar-refractivity contribution in [3.8, 4) is 17.1 Å². The number of aryl methyl sites for hydroxylation is 1. The molecule has 0 bridgehead atoms. The third-order valence-electron chi connectivity index (χ3n) is 6.65. The van der Waals surface area contributed by atoms with Crippen molar-refractivity contribution in [2.45, 2.75) is 19.3 Å². The van der Waals surface area contributed by atoms with Gasteiger partial charge in [0, 0.05) is 37.8 Å². The maximum Gasteiger partial charge on any atom is 0.273 e. The van der Waals surface area contributed by atoms with Crippen molar-refractivity contribution >= 4 is 40.6 Å². The normalized spacial score (nSPS) is 12.3. The lowest BCUT2D eigenvalue weighted by Crippen LogP contribution is -2.24. The summed E-state index contributed by atoms with van der Waals surface area (Å²) in [6, 6.07) is 10.1. The lowest BCUT2D eigenvalue weighted by molar-refractivity contribution is -0.117. The Bertz CT molecular complexity index is 1750. The van der Waals surface area contributed by atoms with Crippen molar-refractivity contribution in [2.75, 3.05) is 30.1 Å². The van der Waals surface area contributed by atoms with Gasteiger partial charge in [-0.1, -0.05) is 12.1 Å². The number of pyridine rings is 1. The van der Waals surface area contributed by atoms with Gasteiger partial charge in [-0.3, -0.25) is 19.2 Å². The number of rotatable bonds is 10. The summed E-state index contributed by atoms with van der Waals surface area (Å²) in [7, 11) is 4.58. The highest BCUT2D eigenvalue weighted by molar-refractivity contribution is 6.00. The molecule has 1 saturated carbocycles. The van der Waals surface area contributed by atoms with Gasteiger partial charge < -0.3 is 30.6 Å². The van der Waals surface area contributed by atoms with Crippen LogP contribution in [0.1, 0.15) is 28.9 Å². The molecule has 0 aliphatic heterocycles. The number of aromatic nitrogens is 5.